The molecule has 1 heterocycles. The highest BCUT2D eigenvalue weighted by Crippen LogP contribution is 2.26. The number of thiazole rings is 1. The first-order valence-electron chi connectivity index (χ1n) is 6.10. The summed E-state index contributed by atoms with van der Waals surface area (Å²) in [4.78, 5) is 4.50. The number of nitrogens with one attached hydrogen (secondary N) is 1. The van der Waals surface area contributed by atoms with Gasteiger partial charge in [-0.3, -0.25) is 0 Å². The molecular weight excluding hydrogens is 228 g/mol. The van der Waals surface area contributed by atoms with Crippen LogP contribution >= 0.6 is 11.3 Å². The van der Waals surface area contributed by atoms with Crippen molar-refractivity contribution in [3.63, 3.8) is 0 Å². The van der Waals surface area contributed by atoms with Crippen LogP contribution in [0.25, 0.3) is 11.3 Å². The molecule has 1 aliphatic rings. The number of aryl methyl sites for hydroxylation is 1. The van der Waals surface area contributed by atoms with Crippen LogP contribution in [0.3, 0.4) is 0 Å². The SMILES string of the molecule is Cc1nc(-c2ccc(NC3CCC3)cc2)cs1. The Hall–Kier alpha value is -1.35. The molecule has 1 aromatic heterocycles. The minimum absolute atomic E-state index is 0.697. The number of benzene rings is 1. The molecule has 1 aromatic carbocycles. The van der Waals surface area contributed by atoms with Crippen molar-refractivity contribution in [1.29, 1.82) is 0 Å². The fraction of sp³-hybridized carbons (Fsp3) is 0.357. The van der Waals surface area contributed by atoms with Gasteiger partial charge in [0.1, 0.15) is 0 Å². The summed E-state index contributed by atoms with van der Waals surface area (Å²) < 4.78 is 0. The highest BCUT2D eigenvalue weighted by Gasteiger charge is 2.16. The third kappa shape index (κ3) is 2.34. The Bertz CT molecular complexity index is 497. The highest BCUT2D eigenvalue weighted by atomic mass is 32.1. The first-order chi connectivity index (χ1) is 8.31. The topological polar surface area (TPSA) is 24.9 Å². The van der Waals surface area contributed by atoms with Gasteiger partial charge in [-0.1, -0.05) is 12.1 Å². The average Bonchev–Trinajstić information content (AvgIpc) is 2.71. The second-order valence-electron chi connectivity index (χ2n) is 4.60. The quantitative estimate of drug-likeness (QED) is 0.880. The van der Waals surface area contributed by atoms with Crippen molar-refractivity contribution >= 4 is 17.0 Å². The molecular formula is C14H16N2S. The molecule has 1 aliphatic carbocycles. The van der Waals surface area contributed by atoms with Gasteiger partial charge in [-0.05, 0) is 38.3 Å². The maximum Gasteiger partial charge on any atom is 0.0901 e. The molecule has 0 bridgehead atoms. The predicted molar refractivity (Wildman–Crippen MR) is 73.5 cm³/mol. The molecule has 1 N–H and O–H groups in total. The van der Waals surface area contributed by atoms with Crippen molar-refractivity contribution < 1.29 is 0 Å². The average molecular weight is 244 g/mol. The van der Waals surface area contributed by atoms with Crippen molar-refractivity contribution in [2.45, 2.75) is 32.2 Å². The Balaban J connectivity index is 1.75. The molecule has 2 nitrogen and oxygen atoms in total. The largest absolute Gasteiger partial charge is 0.382 e. The van der Waals surface area contributed by atoms with Crippen molar-refractivity contribution in [1.82, 2.24) is 4.98 Å². The van der Waals surface area contributed by atoms with Gasteiger partial charge in [0, 0.05) is 22.7 Å². The molecule has 3 rings (SSSR count). The fourth-order valence-electron chi connectivity index (χ4n) is 2.02. The molecule has 88 valence electrons. The van der Waals surface area contributed by atoms with Crippen LogP contribution in [-0.4, -0.2) is 11.0 Å². The Labute approximate surface area is 106 Å². The van der Waals surface area contributed by atoms with E-state index < -0.39 is 0 Å². The zero-order chi connectivity index (χ0) is 11.7. The van der Waals surface area contributed by atoms with Gasteiger partial charge in [0.25, 0.3) is 0 Å². The molecule has 3 heteroatoms. The van der Waals surface area contributed by atoms with Gasteiger partial charge >= 0.3 is 0 Å². The van der Waals surface area contributed by atoms with Crippen molar-refractivity contribution in [3.05, 3.63) is 34.7 Å². The van der Waals surface area contributed by atoms with Crippen molar-refractivity contribution in [2.75, 3.05) is 5.32 Å². The predicted octanol–water partition coefficient (Wildman–Crippen LogP) is 4.08. The van der Waals surface area contributed by atoms with Crippen molar-refractivity contribution in [2.24, 2.45) is 0 Å². The Morgan fingerprint density at radius 2 is 2.00 bits per heavy atom. The first kappa shape index (κ1) is 10.8. The summed E-state index contributed by atoms with van der Waals surface area (Å²) in [5.74, 6) is 0. The zero-order valence-corrected chi connectivity index (χ0v) is 10.8. The summed E-state index contributed by atoms with van der Waals surface area (Å²) in [6.07, 6.45) is 3.99. The van der Waals surface area contributed by atoms with Crippen LogP contribution in [0.15, 0.2) is 29.6 Å². The van der Waals surface area contributed by atoms with E-state index in [-0.39, 0.29) is 0 Å². The molecule has 1 fully saturated rings. The second-order valence-corrected chi connectivity index (χ2v) is 5.66. The van der Waals surface area contributed by atoms with Gasteiger partial charge in [-0.2, -0.15) is 0 Å². The number of anilines is 1. The number of nitrogens with zero attached hydrogens (tertiary/aromatic N) is 1. The summed E-state index contributed by atoms with van der Waals surface area (Å²) in [5.41, 5.74) is 3.52. The molecule has 0 amide bonds. The molecule has 0 spiro atoms. The van der Waals surface area contributed by atoms with E-state index in [9.17, 15) is 0 Å². The Morgan fingerprint density at radius 3 is 2.53 bits per heavy atom. The van der Waals surface area contributed by atoms with Crippen LogP contribution < -0.4 is 5.32 Å². The zero-order valence-electron chi connectivity index (χ0n) is 9.94. The van der Waals surface area contributed by atoms with E-state index in [1.54, 1.807) is 11.3 Å². The lowest BCUT2D eigenvalue weighted by molar-refractivity contribution is 0.445. The third-order valence-electron chi connectivity index (χ3n) is 3.28. The van der Waals surface area contributed by atoms with E-state index in [0.29, 0.717) is 6.04 Å². The monoisotopic (exact) mass is 244 g/mol. The molecule has 0 aliphatic heterocycles. The van der Waals surface area contributed by atoms with E-state index in [2.05, 4.69) is 39.9 Å². The lowest BCUT2D eigenvalue weighted by atomic mass is 9.93. The smallest absolute Gasteiger partial charge is 0.0901 e. The maximum atomic E-state index is 4.50. The van der Waals surface area contributed by atoms with Crippen LogP contribution in [0.1, 0.15) is 24.3 Å². The summed E-state index contributed by atoms with van der Waals surface area (Å²) in [5, 5.41) is 6.78. The summed E-state index contributed by atoms with van der Waals surface area (Å²) in [7, 11) is 0. The van der Waals surface area contributed by atoms with Gasteiger partial charge in [-0.15, -0.1) is 11.3 Å². The molecule has 17 heavy (non-hydrogen) atoms. The maximum absolute atomic E-state index is 4.50. The lowest BCUT2D eigenvalue weighted by Crippen LogP contribution is -2.26. The van der Waals surface area contributed by atoms with Gasteiger partial charge in [0.05, 0.1) is 10.7 Å². The molecule has 2 aromatic rings. The third-order valence-corrected chi connectivity index (χ3v) is 4.05. The second kappa shape index (κ2) is 4.49. The van der Waals surface area contributed by atoms with Gasteiger partial charge in [0.2, 0.25) is 0 Å². The van der Waals surface area contributed by atoms with E-state index in [4.69, 9.17) is 0 Å². The fourth-order valence-corrected chi connectivity index (χ4v) is 2.64. The van der Waals surface area contributed by atoms with Crippen LogP contribution in [0, 0.1) is 6.92 Å². The van der Waals surface area contributed by atoms with Crippen LogP contribution in [0.4, 0.5) is 5.69 Å². The van der Waals surface area contributed by atoms with Crippen LogP contribution in [0.5, 0.6) is 0 Å². The number of hydrogen-bond donors (Lipinski definition) is 1. The number of hydrogen-bond acceptors (Lipinski definition) is 3. The Kier molecular flexibility index (Phi) is 2.85. The lowest BCUT2D eigenvalue weighted by Gasteiger charge is -2.27. The number of aromatic nitrogens is 1. The van der Waals surface area contributed by atoms with E-state index in [1.165, 1.54) is 30.5 Å². The van der Waals surface area contributed by atoms with E-state index in [0.717, 1.165) is 10.7 Å². The minimum Gasteiger partial charge on any atom is -0.382 e. The molecule has 0 atom stereocenters. The van der Waals surface area contributed by atoms with Gasteiger partial charge in [-0.25, -0.2) is 4.98 Å². The van der Waals surface area contributed by atoms with Crippen molar-refractivity contribution in [3.8, 4) is 11.3 Å². The van der Waals surface area contributed by atoms with E-state index >= 15 is 0 Å². The summed E-state index contributed by atoms with van der Waals surface area (Å²) in [6.45, 7) is 2.04. The van der Waals surface area contributed by atoms with Crippen LogP contribution in [-0.2, 0) is 0 Å². The first-order valence-corrected chi connectivity index (χ1v) is 6.98. The van der Waals surface area contributed by atoms with Gasteiger partial charge in [0.15, 0.2) is 0 Å². The van der Waals surface area contributed by atoms with E-state index in [1.807, 2.05) is 6.92 Å². The summed E-state index contributed by atoms with van der Waals surface area (Å²) >= 11 is 1.70. The minimum atomic E-state index is 0.697. The summed E-state index contributed by atoms with van der Waals surface area (Å²) in [6, 6.07) is 9.30. The molecule has 0 radical (unpaired) electrons. The Morgan fingerprint density at radius 1 is 1.24 bits per heavy atom. The standard InChI is InChI=1S/C14H16N2S/c1-10-15-14(9-17-10)11-5-7-13(8-6-11)16-12-3-2-4-12/h5-9,12,16H,2-4H2,1H3. The molecule has 1 saturated carbocycles. The highest BCUT2D eigenvalue weighted by molar-refractivity contribution is 7.09. The van der Waals surface area contributed by atoms with Gasteiger partial charge < -0.3 is 5.32 Å². The molecule has 0 unspecified atom stereocenters. The normalized spacial score (nSPS) is 15.6. The number of rotatable bonds is 3. The molecule has 0 saturated heterocycles. The van der Waals surface area contributed by atoms with Crippen LogP contribution in [0.2, 0.25) is 0 Å².